The summed E-state index contributed by atoms with van der Waals surface area (Å²) in [6.45, 7) is -0.0643. The zero-order chi connectivity index (χ0) is 13.6. The fourth-order valence-electron chi connectivity index (χ4n) is 2.52. The van der Waals surface area contributed by atoms with E-state index in [1.807, 2.05) is 0 Å². The van der Waals surface area contributed by atoms with E-state index in [-0.39, 0.29) is 30.1 Å². The average Bonchev–Trinajstić information content (AvgIpc) is 2.69. The Kier molecular flexibility index (Phi) is 2.94. The van der Waals surface area contributed by atoms with Crippen LogP contribution in [0.25, 0.3) is 0 Å². The van der Waals surface area contributed by atoms with Gasteiger partial charge in [-0.2, -0.15) is 0 Å². The van der Waals surface area contributed by atoms with E-state index in [9.17, 15) is 13.2 Å². The number of rotatable bonds is 1. The van der Waals surface area contributed by atoms with Crippen LogP contribution < -0.4 is 9.64 Å². The first-order chi connectivity index (χ1) is 8.96. The molecule has 1 saturated heterocycles. The van der Waals surface area contributed by atoms with E-state index in [2.05, 4.69) is 0 Å². The molecule has 0 unspecified atom stereocenters. The summed E-state index contributed by atoms with van der Waals surface area (Å²) in [5, 5.41) is 0.489. The van der Waals surface area contributed by atoms with E-state index in [0.29, 0.717) is 22.9 Å². The maximum Gasteiger partial charge on any atom is 0.265 e. The van der Waals surface area contributed by atoms with Gasteiger partial charge in [0.25, 0.3) is 5.91 Å². The number of hydrogen-bond acceptors (Lipinski definition) is 4. The van der Waals surface area contributed by atoms with Crippen molar-refractivity contribution in [3.05, 3.63) is 23.2 Å². The topological polar surface area (TPSA) is 63.7 Å². The van der Waals surface area contributed by atoms with Gasteiger partial charge in [-0.15, -0.1) is 0 Å². The average molecular weight is 302 g/mol. The Labute approximate surface area is 116 Å². The second-order valence-corrected chi connectivity index (χ2v) is 7.39. The normalized spacial score (nSPS) is 25.0. The largest absolute Gasteiger partial charge is 0.482 e. The smallest absolute Gasteiger partial charge is 0.265 e. The number of amides is 1. The van der Waals surface area contributed by atoms with Crippen molar-refractivity contribution in [3.63, 3.8) is 0 Å². The number of benzene rings is 1. The van der Waals surface area contributed by atoms with E-state index < -0.39 is 9.84 Å². The molecular weight excluding hydrogens is 290 g/mol. The van der Waals surface area contributed by atoms with Crippen LogP contribution in [0.1, 0.15) is 6.42 Å². The van der Waals surface area contributed by atoms with E-state index in [1.165, 1.54) is 4.90 Å². The molecule has 5 nitrogen and oxygen atoms in total. The molecule has 19 heavy (non-hydrogen) atoms. The molecule has 1 aromatic carbocycles. The first kappa shape index (κ1) is 12.7. The molecule has 0 aromatic heterocycles. The Morgan fingerprint density at radius 3 is 2.84 bits per heavy atom. The summed E-state index contributed by atoms with van der Waals surface area (Å²) >= 11 is 5.94. The summed E-state index contributed by atoms with van der Waals surface area (Å²) in [6, 6.07) is 4.69. The number of nitrogens with zero attached hydrogens (tertiary/aromatic N) is 1. The molecule has 1 aromatic rings. The van der Waals surface area contributed by atoms with E-state index >= 15 is 0 Å². The molecule has 0 bridgehead atoms. The third kappa shape index (κ3) is 2.30. The summed E-state index contributed by atoms with van der Waals surface area (Å²) in [7, 11) is -3.05. The Morgan fingerprint density at radius 1 is 1.37 bits per heavy atom. The molecule has 0 N–H and O–H groups in total. The molecule has 2 aliphatic heterocycles. The SMILES string of the molecule is O=C1COc2ccc(Cl)cc2N1[C@@H]1CCS(=O)(=O)C1. The third-order valence-corrected chi connectivity index (χ3v) is 5.36. The zero-order valence-electron chi connectivity index (χ0n) is 10.0. The zero-order valence-corrected chi connectivity index (χ0v) is 11.6. The van der Waals surface area contributed by atoms with Crippen molar-refractivity contribution in [2.24, 2.45) is 0 Å². The van der Waals surface area contributed by atoms with Crippen molar-refractivity contribution in [1.82, 2.24) is 0 Å². The van der Waals surface area contributed by atoms with Gasteiger partial charge in [0.15, 0.2) is 16.4 Å². The van der Waals surface area contributed by atoms with Crippen LogP contribution in [0.5, 0.6) is 5.75 Å². The lowest BCUT2D eigenvalue weighted by Gasteiger charge is -2.33. The Balaban J connectivity index is 2.02. The molecule has 1 fully saturated rings. The first-order valence-electron chi connectivity index (χ1n) is 5.91. The van der Waals surface area contributed by atoms with Crippen LogP contribution in [0.4, 0.5) is 5.69 Å². The lowest BCUT2D eigenvalue weighted by molar-refractivity contribution is -0.121. The van der Waals surface area contributed by atoms with Gasteiger partial charge in [-0.1, -0.05) is 11.6 Å². The summed E-state index contributed by atoms with van der Waals surface area (Å²) in [6.07, 6.45) is 0.458. The van der Waals surface area contributed by atoms with Gasteiger partial charge in [0.1, 0.15) is 5.75 Å². The van der Waals surface area contributed by atoms with Gasteiger partial charge >= 0.3 is 0 Å². The van der Waals surface area contributed by atoms with E-state index in [0.717, 1.165) is 0 Å². The minimum absolute atomic E-state index is 0.00466. The van der Waals surface area contributed by atoms with E-state index in [1.54, 1.807) is 18.2 Å². The number of fused-ring (bicyclic) bond motifs is 1. The lowest BCUT2D eigenvalue weighted by atomic mass is 10.1. The summed E-state index contributed by atoms with van der Waals surface area (Å²) in [5.41, 5.74) is 0.561. The molecule has 2 aliphatic rings. The number of carbonyl (C=O) groups is 1. The number of halogens is 1. The summed E-state index contributed by atoms with van der Waals surface area (Å²) in [5.74, 6) is 0.466. The van der Waals surface area contributed by atoms with Crippen LogP contribution >= 0.6 is 11.6 Å². The monoisotopic (exact) mass is 301 g/mol. The van der Waals surface area contributed by atoms with Crippen LogP contribution in [-0.4, -0.2) is 38.5 Å². The Bertz CT molecular complexity index is 643. The third-order valence-electron chi connectivity index (χ3n) is 3.37. The number of sulfone groups is 1. The highest BCUT2D eigenvalue weighted by Crippen LogP contribution is 2.37. The molecule has 2 heterocycles. The van der Waals surface area contributed by atoms with Crippen molar-refractivity contribution in [2.45, 2.75) is 12.5 Å². The van der Waals surface area contributed by atoms with Crippen molar-refractivity contribution in [1.29, 1.82) is 0 Å². The fraction of sp³-hybridized carbons (Fsp3) is 0.417. The molecule has 0 radical (unpaired) electrons. The predicted molar refractivity (Wildman–Crippen MR) is 71.5 cm³/mol. The molecule has 102 valence electrons. The second-order valence-electron chi connectivity index (χ2n) is 4.72. The Morgan fingerprint density at radius 2 is 2.16 bits per heavy atom. The molecule has 1 atom stereocenters. The molecule has 1 amide bonds. The Hall–Kier alpha value is -1.27. The van der Waals surface area contributed by atoms with Gasteiger partial charge in [0, 0.05) is 5.02 Å². The molecule has 7 heteroatoms. The van der Waals surface area contributed by atoms with Crippen LogP contribution in [0.15, 0.2) is 18.2 Å². The second kappa shape index (κ2) is 4.38. The maximum atomic E-state index is 12.0. The van der Waals surface area contributed by atoms with Crippen molar-refractivity contribution in [3.8, 4) is 5.75 Å². The summed E-state index contributed by atoms with van der Waals surface area (Å²) in [4.78, 5) is 13.6. The van der Waals surface area contributed by atoms with Gasteiger partial charge in [0.05, 0.1) is 23.2 Å². The predicted octanol–water partition coefficient (Wildman–Crippen LogP) is 1.25. The standard InChI is InChI=1S/C12H12ClNO4S/c13-8-1-2-11-10(5-8)14(12(15)6-18-11)9-3-4-19(16,17)7-9/h1-2,5,9H,3-4,6-7H2/t9-/m1/s1. The molecule has 0 saturated carbocycles. The minimum atomic E-state index is -3.05. The van der Waals surface area contributed by atoms with E-state index in [4.69, 9.17) is 16.3 Å². The van der Waals surface area contributed by atoms with Gasteiger partial charge in [-0.05, 0) is 24.6 Å². The van der Waals surface area contributed by atoms with Crippen molar-refractivity contribution >= 4 is 33.0 Å². The molecule has 0 aliphatic carbocycles. The number of carbonyl (C=O) groups excluding carboxylic acids is 1. The van der Waals surface area contributed by atoms with Crippen molar-refractivity contribution < 1.29 is 17.9 Å². The van der Waals surface area contributed by atoms with Gasteiger partial charge in [0.2, 0.25) is 0 Å². The molecular formula is C12H12ClNO4S. The molecule has 3 rings (SSSR count). The van der Waals surface area contributed by atoms with Crippen LogP contribution in [-0.2, 0) is 14.6 Å². The van der Waals surface area contributed by atoms with Crippen molar-refractivity contribution in [2.75, 3.05) is 23.0 Å². The minimum Gasteiger partial charge on any atom is -0.482 e. The fourth-order valence-corrected chi connectivity index (χ4v) is 4.39. The van der Waals surface area contributed by atoms with Gasteiger partial charge in [-0.3, -0.25) is 4.79 Å². The highest BCUT2D eigenvalue weighted by Gasteiger charge is 2.38. The summed E-state index contributed by atoms with van der Waals surface area (Å²) < 4.78 is 28.5. The number of anilines is 1. The van der Waals surface area contributed by atoms with Crippen LogP contribution in [0, 0.1) is 0 Å². The quantitative estimate of drug-likeness (QED) is 0.783. The highest BCUT2D eigenvalue weighted by molar-refractivity contribution is 7.91. The molecule has 0 spiro atoms. The number of hydrogen-bond donors (Lipinski definition) is 0. The van der Waals surface area contributed by atoms with Crippen LogP contribution in [0.3, 0.4) is 0 Å². The lowest BCUT2D eigenvalue weighted by Crippen LogP contribution is -2.46. The van der Waals surface area contributed by atoms with Gasteiger partial charge < -0.3 is 9.64 Å². The highest BCUT2D eigenvalue weighted by atomic mass is 35.5. The maximum absolute atomic E-state index is 12.0. The van der Waals surface area contributed by atoms with Crippen LogP contribution in [0.2, 0.25) is 5.02 Å². The number of ether oxygens (including phenoxy) is 1. The first-order valence-corrected chi connectivity index (χ1v) is 8.11. The van der Waals surface area contributed by atoms with Gasteiger partial charge in [-0.25, -0.2) is 8.42 Å².